The second-order valence-corrected chi connectivity index (χ2v) is 9.51. The molecule has 8 nitrogen and oxygen atoms in total. The quantitative estimate of drug-likeness (QED) is 0.779. The zero-order valence-corrected chi connectivity index (χ0v) is 17.2. The SMILES string of the molecule is COc1nc(CNC(=O)CC23CC4CC(CC(C4)C2)C3)nc(N2CCOCC2)n1. The van der Waals surface area contributed by atoms with Crippen molar-refractivity contribution in [3.05, 3.63) is 5.82 Å². The van der Waals surface area contributed by atoms with Crippen LogP contribution in [0.1, 0.15) is 50.8 Å². The highest BCUT2D eigenvalue weighted by Gasteiger charge is 2.51. The van der Waals surface area contributed by atoms with E-state index in [2.05, 4.69) is 25.2 Å². The Morgan fingerprint density at radius 3 is 2.38 bits per heavy atom. The van der Waals surface area contributed by atoms with Crippen LogP contribution in [0, 0.1) is 23.2 Å². The number of nitrogens with zero attached hydrogens (tertiary/aromatic N) is 4. The summed E-state index contributed by atoms with van der Waals surface area (Å²) in [5.74, 6) is 3.83. The van der Waals surface area contributed by atoms with Crippen molar-refractivity contribution in [2.45, 2.75) is 51.5 Å². The monoisotopic (exact) mass is 401 g/mol. The number of aromatic nitrogens is 3. The zero-order valence-electron chi connectivity index (χ0n) is 17.2. The minimum atomic E-state index is 0.124. The van der Waals surface area contributed by atoms with Gasteiger partial charge in [-0.3, -0.25) is 4.79 Å². The molecule has 158 valence electrons. The first-order valence-electron chi connectivity index (χ1n) is 11.0. The average molecular weight is 402 g/mol. The molecule has 0 unspecified atom stereocenters. The van der Waals surface area contributed by atoms with Gasteiger partial charge in [0.1, 0.15) is 0 Å². The summed E-state index contributed by atoms with van der Waals surface area (Å²) in [6.07, 6.45) is 8.57. The Morgan fingerprint density at radius 1 is 1.10 bits per heavy atom. The highest BCUT2D eigenvalue weighted by molar-refractivity contribution is 5.76. The molecule has 4 saturated carbocycles. The van der Waals surface area contributed by atoms with Crippen LogP contribution in [0.3, 0.4) is 0 Å². The molecule has 5 aliphatic rings. The summed E-state index contributed by atoms with van der Waals surface area (Å²) in [5, 5.41) is 3.06. The topological polar surface area (TPSA) is 89.5 Å². The lowest BCUT2D eigenvalue weighted by atomic mass is 9.49. The van der Waals surface area contributed by atoms with Gasteiger partial charge in [-0.05, 0) is 61.7 Å². The molecule has 8 heteroatoms. The van der Waals surface area contributed by atoms with Crippen LogP contribution in [-0.4, -0.2) is 54.3 Å². The van der Waals surface area contributed by atoms with Crippen LogP contribution in [0.5, 0.6) is 6.01 Å². The van der Waals surface area contributed by atoms with Gasteiger partial charge < -0.3 is 19.7 Å². The normalized spacial score (nSPS) is 33.0. The second kappa shape index (κ2) is 7.70. The van der Waals surface area contributed by atoms with E-state index in [0.29, 0.717) is 38.0 Å². The fraction of sp³-hybridized carbons (Fsp3) is 0.810. The number of anilines is 1. The van der Waals surface area contributed by atoms with E-state index in [1.807, 2.05) is 0 Å². The molecule has 4 aliphatic carbocycles. The van der Waals surface area contributed by atoms with Crippen molar-refractivity contribution < 1.29 is 14.3 Å². The number of methoxy groups -OCH3 is 1. The highest BCUT2D eigenvalue weighted by Crippen LogP contribution is 2.61. The van der Waals surface area contributed by atoms with Gasteiger partial charge in [-0.25, -0.2) is 0 Å². The molecule has 2 heterocycles. The Labute approximate surface area is 171 Å². The first kappa shape index (κ1) is 19.0. The molecular weight excluding hydrogens is 370 g/mol. The molecule has 1 aromatic heterocycles. The molecule has 1 aromatic rings. The lowest BCUT2D eigenvalue weighted by molar-refractivity contribution is -0.129. The fourth-order valence-electron chi connectivity index (χ4n) is 6.55. The van der Waals surface area contributed by atoms with Crippen LogP contribution < -0.4 is 15.0 Å². The predicted molar refractivity (Wildman–Crippen MR) is 106 cm³/mol. The molecule has 1 saturated heterocycles. The van der Waals surface area contributed by atoms with Crippen molar-refractivity contribution in [2.24, 2.45) is 23.2 Å². The third-order valence-corrected chi connectivity index (χ3v) is 7.27. The Balaban J connectivity index is 1.22. The molecule has 4 bridgehead atoms. The number of amides is 1. The lowest BCUT2D eigenvalue weighted by Gasteiger charge is -2.56. The number of carbonyl (C=O) groups excluding carboxylic acids is 1. The number of rotatable bonds is 6. The van der Waals surface area contributed by atoms with Gasteiger partial charge in [-0.15, -0.1) is 0 Å². The van der Waals surface area contributed by atoms with E-state index in [4.69, 9.17) is 9.47 Å². The standard InChI is InChI=1S/C21H31N5O3/c1-28-20-24-17(23-19(25-20)26-2-4-29-5-3-26)13-22-18(27)12-21-9-14-6-15(10-21)8-16(7-14)11-21/h14-16H,2-13H2,1H3,(H,22,27). The lowest BCUT2D eigenvalue weighted by Crippen LogP contribution is -2.48. The maximum atomic E-state index is 12.8. The van der Waals surface area contributed by atoms with Crippen LogP contribution in [0.15, 0.2) is 0 Å². The first-order valence-corrected chi connectivity index (χ1v) is 11.0. The van der Waals surface area contributed by atoms with Crippen LogP contribution >= 0.6 is 0 Å². The summed E-state index contributed by atoms with van der Waals surface area (Å²) < 4.78 is 10.7. The molecule has 5 fully saturated rings. The fourth-order valence-corrected chi connectivity index (χ4v) is 6.55. The van der Waals surface area contributed by atoms with Gasteiger partial charge in [0, 0.05) is 19.5 Å². The Bertz CT molecular complexity index is 729. The maximum Gasteiger partial charge on any atom is 0.321 e. The largest absolute Gasteiger partial charge is 0.467 e. The van der Waals surface area contributed by atoms with Crippen molar-refractivity contribution >= 4 is 11.9 Å². The number of nitrogens with one attached hydrogen (secondary N) is 1. The van der Waals surface area contributed by atoms with E-state index in [-0.39, 0.29) is 17.3 Å². The second-order valence-electron chi connectivity index (χ2n) is 9.51. The van der Waals surface area contributed by atoms with Crippen molar-refractivity contribution in [2.75, 3.05) is 38.3 Å². The summed E-state index contributed by atoms with van der Waals surface area (Å²) >= 11 is 0. The summed E-state index contributed by atoms with van der Waals surface area (Å²) in [6.45, 7) is 3.10. The van der Waals surface area contributed by atoms with Gasteiger partial charge in [0.2, 0.25) is 11.9 Å². The van der Waals surface area contributed by atoms with Crippen molar-refractivity contribution in [3.63, 3.8) is 0 Å². The van der Waals surface area contributed by atoms with Gasteiger partial charge >= 0.3 is 6.01 Å². The van der Waals surface area contributed by atoms with Gasteiger partial charge in [0.25, 0.3) is 0 Å². The van der Waals surface area contributed by atoms with Crippen molar-refractivity contribution in [1.29, 1.82) is 0 Å². The first-order chi connectivity index (χ1) is 14.1. The van der Waals surface area contributed by atoms with Crippen LogP contribution in [0.25, 0.3) is 0 Å². The maximum absolute atomic E-state index is 12.8. The van der Waals surface area contributed by atoms with Crippen molar-refractivity contribution in [3.8, 4) is 6.01 Å². The predicted octanol–water partition coefficient (Wildman–Crippen LogP) is 1.94. The summed E-state index contributed by atoms with van der Waals surface area (Å²) in [5.41, 5.74) is 0.245. The Kier molecular flexibility index (Phi) is 5.05. The highest BCUT2D eigenvalue weighted by atomic mass is 16.5. The molecule has 0 aromatic carbocycles. The molecular formula is C21H31N5O3. The smallest absolute Gasteiger partial charge is 0.321 e. The van der Waals surface area contributed by atoms with Gasteiger partial charge in [-0.2, -0.15) is 15.0 Å². The third-order valence-electron chi connectivity index (χ3n) is 7.27. The summed E-state index contributed by atoms with van der Waals surface area (Å²) in [4.78, 5) is 28.1. The minimum absolute atomic E-state index is 0.124. The molecule has 1 amide bonds. The van der Waals surface area contributed by atoms with Gasteiger partial charge in [0.15, 0.2) is 5.82 Å². The van der Waals surface area contributed by atoms with E-state index in [0.717, 1.165) is 30.8 Å². The number of hydrogen-bond donors (Lipinski definition) is 1. The zero-order chi connectivity index (χ0) is 19.8. The van der Waals surface area contributed by atoms with Crippen LogP contribution in [-0.2, 0) is 16.1 Å². The molecule has 0 atom stereocenters. The van der Waals surface area contributed by atoms with E-state index < -0.39 is 0 Å². The van der Waals surface area contributed by atoms with E-state index in [9.17, 15) is 4.79 Å². The Morgan fingerprint density at radius 2 is 1.76 bits per heavy atom. The van der Waals surface area contributed by atoms with Gasteiger partial charge in [0.05, 0.1) is 26.9 Å². The third kappa shape index (κ3) is 4.04. The number of ether oxygens (including phenoxy) is 2. The number of carbonyl (C=O) groups is 1. The number of hydrogen-bond acceptors (Lipinski definition) is 7. The van der Waals surface area contributed by atoms with Crippen LogP contribution in [0.4, 0.5) is 5.95 Å². The number of morpholine rings is 1. The van der Waals surface area contributed by atoms with E-state index in [1.54, 1.807) is 7.11 Å². The van der Waals surface area contributed by atoms with E-state index >= 15 is 0 Å². The average Bonchev–Trinajstić information content (AvgIpc) is 2.71. The van der Waals surface area contributed by atoms with E-state index in [1.165, 1.54) is 38.5 Å². The van der Waals surface area contributed by atoms with Crippen LogP contribution in [0.2, 0.25) is 0 Å². The molecule has 0 radical (unpaired) electrons. The molecule has 29 heavy (non-hydrogen) atoms. The minimum Gasteiger partial charge on any atom is -0.467 e. The molecule has 6 rings (SSSR count). The molecule has 0 spiro atoms. The Hall–Kier alpha value is -1.96. The molecule has 1 aliphatic heterocycles. The summed E-state index contributed by atoms with van der Waals surface area (Å²) in [7, 11) is 1.55. The molecule has 1 N–H and O–H groups in total. The van der Waals surface area contributed by atoms with Gasteiger partial charge in [-0.1, -0.05) is 0 Å². The van der Waals surface area contributed by atoms with Crippen molar-refractivity contribution in [1.82, 2.24) is 20.3 Å². The summed E-state index contributed by atoms with van der Waals surface area (Å²) in [6, 6.07) is 0.284.